The van der Waals surface area contributed by atoms with Gasteiger partial charge in [0.1, 0.15) is 11.9 Å². The van der Waals surface area contributed by atoms with Crippen molar-refractivity contribution in [3.63, 3.8) is 0 Å². The van der Waals surface area contributed by atoms with Gasteiger partial charge in [-0.1, -0.05) is 32.0 Å². The monoisotopic (exact) mass is 249 g/mol. The molecule has 0 saturated heterocycles. The lowest BCUT2D eigenvalue weighted by molar-refractivity contribution is 0.300. The largest absolute Gasteiger partial charge is 0.303 e. The molecule has 1 aromatic carbocycles. The number of nitrogens with zero attached hydrogens (tertiary/aromatic N) is 2. The van der Waals surface area contributed by atoms with Crippen LogP contribution in [-0.2, 0) is 0 Å². The zero-order valence-corrected chi connectivity index (χ0v) is 11.0. The second-order valence-electron chi connectivity index (χ2n) is 4.06. The van der Waals surface area contributed by atoms with Crippen LogP contribution >= 0.6 is 0 Å². The summed E-state index contributed by atoms with van der Waals surface area (Å²) in [5.74, 6) is -0.334. The van der Waals surface area contributed by atoms with Crippen molar-refractivity contribution < 1.29 is 4.39 Å². The van der Waals surface area contributed by atoms with Crippen LogP contribution in [0.4, 0.5) is 4.39 Å². The van der Waals surface area contributed by atoms with Crippen molar-refractivity contribution in [1.29, 1.82) is 5.26 Å². The molecule has 0 saturated carbocycles. The van der Waals surface area contributed by atoms with Crippen LogP contribution in [0.25, 0.3) is 0 Å². The van der Waals surface area contributed by atoms with Crippen molar-refractivity contribution in [2.45, 2.75) is 19.9 Å². The van der Waals surface area contributed by atoms with E-state index < -0.39 is 6.04 Å². The molecule has 0 aromatic heterocycles. The van der Waals surface area contributed by atoms with Crippen molar-refractivity contribution in [1.82, 2.24) is 10.2 Å². The van der Waals surface area contributed by atoms with Crippen molar-refractivity contribution in [3.05, 3.63) is 35.6 Å². The van der Waals surface area contributed by atoms with Crippen LogP contribution < -0.4 is 5.32 Å². The van der Waals surface area contributed by atoms with Crippen molar-refractivity contribution in [2.75, 3.05) is 26.2 Å². The van der Waals surface area contributed by atoms with Crippen molar-refractivity contribution in [2.24, 2.45) is 0 Å². The van der Waals surface area contributed by atoms with Crippen LogP contribution in [0.1, 0.15) is 25.5 Å². The number of hydrogen-bond donors (Lipinski definition) is 1. The Labute approximate surface area is 108 Å². The molecule has 0 aliphatic heterocycles. The predicted octanol–water partition coefficient (Wildman–Crippen LogP) is 2.32. The number of benzene rings is 1. The molecule has 1 atom stereocenters. The smallest absolute Gasteiger partial charge is 0.129 e. The highest BCUT2D eigenvalue weighted by atomic mass is 19.1. The molecule has 18 heavy (non-hydrogen) atoms. The Morgan fingerprint density at radius 1 is 1.33 bits per heavy atom. The minimum Gasteiger partial charge on any atom is -0.303 e. The Morgan fingerprint density at radius 2 is 2.00 bits per heavy atom. The Morgan fingerprint density at radius 3 is 2.56 bits per heavy atom. The summed E-state index contributed by atoms with van der Waals surface area (Å²) in [5, 5.41) is 12.2. The normalized spacial score (nSPS) is 12.4. The molecule has 3 nitrogen and oxygen atoms in total. The molecule has 1 aromatic rings. The molecule has 0 spiro atoms. The zero-order chi connectivity index (χ0) is 13.4. The highest BCUT2D eigenvalue weighted by Gasteiger charge is 2.13. The summed E-state index contributed by atoms with van der Waals surface area (Å²) in [7, 11) is 0. The fraction of sp³-hybridized carbons (Fsp3) is 0.500. The molecular weight excluding hydrogens is 229 g/mol. The molecule has 0 amide bonds. The first-order chi connectivity index (χ1) is 8.72. The second-order valence-corrected chi connectivity index (χ2v) is 4.06. The maximum absolute atomic E-state index is 13.5. The topological polar surface area (TPSA) is 39.1 Å². The predicted molar refractivity (Wildman–Crippen MR) is 70.5 cm³/mol. The lowest BCUT2D eigenvalue weighted by atomic mass is 10.1. The number of nitriles is 1. The van der Waals surface area contributed by atoms with E-state index >= 15 is 0 Å². The van der Waals surface area contributed by atoms with Crippen molar-refractivity contribution in [3.8, 4) is 6.07 Å². The maximum atomic E-state index is 13.5. The molecule has 4 heteroatoms. The van der Waals surface area contributed by atoms with Gasteiger partial charge in [-0.3, -0.25) is 5.32 Å². The van der Waals surface area contributed by atoms with E-state index in [2.05, 4.69) is 30.1 Å². The Bertz CT molecular complexity index is 396. The Kier molecular flexibility index (Phi) is 6.34. The first kappa shape index (κ1) is 14.6. The summed E-state index contributed by atoms with van der Waals surface area (Å²) < 4.78 is 13.5. The number of halogens is 1. The van der Waals surface area contributed by atoms with E-state index in [4.69, 9.17) is 5.26 Å². The van der Waals surface area contributed by atoms with E-state index in [0.717, 1.165) is 19.6 Å². The summed E-state index contributed by atoms with van der Waals surface area (Å²) in [4.78, 5) is 2.25. The van der Waals surface area contributed by atoms with Crippen LogP contribution in [0.3, 0.4) is 0 Å². The molecule has 1 N–H and O–H groups in total. The molecule has 1 unspecified atom stereocenters. The van der Waals surface area contributed by atoms with Gasteiger partial charge >= 0.3 is 0 Å². The minimum absolute atomic E-state index is 0.334. The SMILES string of the molecule is CCN(CC)CCNC(C#N)c1ccccc1F. The molecule has 98 valence electrons. The summed E-state index contributed by atoms with van der Waals surface area (Å²) in [6.45, 7) is 7.70. The summed E-state index contributed by atoms with van der Waals surface area (Å²) >= 11 is 0. The second kappa shape index (κ2) is 7.80. The van der Waals surface area contributed by atoms with E-state index in [-0.39, 0.29) is 5.82 Å². The molecule has 0 aliphatic rings. The van der Waals surface area contributed by atoms with Gasteiger partial charge in [-0.25, -0.2) is 4.39 Å². The Balaban J connectivity index is 2.54. The third kappa shape index (κ3) is 4.10. The lowest BCUT2D eigenvalue weighted by Crippen LogP contribution is -2.33. The van der Waals surface area contributed by atoms with Gasteiger partial charge in [-0.15, -0.1) is 0 Å². The van der Waals surface area contributed by atoms with E-state index in [1.54, 1.807) is 18.2 Å². The number of rotatable bonds is 7. The zero-order valence-electron chi connectivity index (χ0n) is 11.0. The third-order valence-electron chi connectivity index (χ3n) is 3.02. The maximum Gasteiger partial charge on any atom is 0.129 e. The average molecular weight is 249 g/mol. The Hall–Kier alpha value is -1.44. The van der Waals surface area contributed by atoms with Crippen LogP contribution in [0.15, 0.2) is 24.3 Å². The molecule has 0 aliphatic carbocycles. The van der Waals surface area contributed by atoms with Gasteiger partial charge in [0.2, 0.25) is 0 Å². The van der Waals surface area contributed by atoms with E-state index in [1.165, 1.54) is 6.07 Å². The molecular formula is C14H20FN3. The molecule has 0 fully saturated rings. The van der Waals surface area contributed by atoms with E-state index in [0.29, 0.717) is 12.1 Å². The minimum atomic E-state index is -0.582. The van der Waals surface area contributed by atoms with Crippen molar-refractivity contribution >= 4 is 0 Å². The molecule has 1 rings (SSSR count). The molecule has 0 heterocycles. The summed E-state index contributed by atoms with van der Waals surface area (Å²) in [6, 6.07) is 7.92. The molecule has 0 bridgehead atoms. The van der Waals surface area contributed by atoms with Gasteiger partial charge in [0.25, 0.3) is 0 Å². The highest BCUT2D eigenvalue weighted by molar-refractivity contribution is 5.25. The van der Waals surface area contributed by atoms with Crippen LogP contribution in [0.5, 0.6) is 0 Å². The number of nitrogens with one attached hydrogen (secondary N) is 1. The number of likely N-dealkylation sites (N-methyl/N-ethyl adjacent to an activating group) is 1. The van der Waals surface area contributed by atoms with Gasteiger partial charge < -0.3 is 4.90 Å². The fourth-order valence-corrected chi connectivity index (χ4v) is 1.84. The summed E-state index contributed by atoms with van der Waals surface area (Å²) in [6.07, 6.45) is 0. The lowest BCUT2D eigenvalue weighted by Gasteiger charge is -2.19. The van der Waals surface area contributed by atoms with Crippen LogP contribution in [0.2, 0.25) is 0 Å². The first-order valence-corrected chi connectivity index (χ1v) is 6.32. The van der Waals surface area contributed by atoms with Gasteiger partial charge in [-0.05, 0) is 19.2 Å². The quantitative estimate of drug-likeness (QED) is 0.806. The average Bonchev–Trinajstić information content (AvgIpc) is 2.40. The highest BCUT2D eigenvalue weighted by Crippen LogP contribution is 2.15. The fourth-order valence-electron chi connectivity index (χ4n) is 1.84. The van der Waals surface area contributed by atoms with Gasteiger partial charge in [0.05, 0.1) is 6.07 Å². The molecule has 0 radical (unpaired) electrons. The van der Waals surface area contributed by atoms with Crippen LogP contribution in [-0.4, -0.2) is 31.1 Å². The van der Waals surface area contributed by atoms with E-state index in [1.807, 2.05) is 0 Å². The van der Waals surface area contributed by atoms with E-state index in [9.17, 15) is 4.39 Å². The van der Waals surface area contributed by atoms with Crippen LogP contribution in [0, 0.1) is 17.1 Å². The standard InChI is InChI=1S/C14H20FN3/c1-3-18(4-2)10-9-17-14(11-16)12-7-5-6-8-13(12)15/h5-8,14,17H,3-4,9-10H2,1-2H3. The third-order valence-corrected chi connectivity index (χ3v) is 3.02. The van der Waals surface area contributed by atoms with Gasteiger partial charge in [0, 0.05) is 18.7 Å². The number of hydrogen-bond acceptors (Lipinski definition) is 3. The van der Waals surface area contributed by atoms with Gasteiger partial charge in [0.15, 0.2) is 0 Å². The summed E-state index contributed by atoms with van der Waals surface area (Å²) in [5.41, 5.74) is 0.416. The van der Waals surface area contributed by atoms with Gasteiger partial charge in [-0.2, -0.15) is 5.26 Å². The first-order valence-electron chi connectivity index (χ1n) is 6.32.